The Kier molecular flexibility index (Phi) is 4.61. The van der Waals surface area contributed by atoms with Crippen molar-refractivity contribution in [3.63, 3.8) is 0 Å². The third kappa shape index (κ3) is 3.07. The predicted octanol–water partition coefficient (Wildman–Crippen LogP) is 1.42. The van der Waals surface area contributed by atoms with Gasteiger partial charge >= 0.3 is 0 Å². The molecule has 2 aliphatic rings. The van der Waals surface area contributed by atoms with Gasteiger partial charge in [-0.3, -0.25) is 9.59 Å². The fourth-order valence-electron chi connectivity index (χ4n) is 3.42. The van der Waals surface area contributed by atoms with Crippen molar-refractivity contribution in [3.05, 3.63) is 0 Å². The van der Waals surface area contributed by atoms with E-state index in [-0.39, 0.29) is 29.7 Å². The Balaban J connectivity index is 2.24. The standard InChI is InChI=1S/C16H28N2O3/c1-10(2)13-14(19)17-16(4,12-6-7-12)15(20)18(13)8-11(3)9-21-5/h10-13H,6-9H2,1-5H3,(H,17,19). The Morgan fingerprint density at radius 1 is 1.33 bits per heavy atom. The molecule has 5 nitrogen and oxygen atoms in total. The molecule has 2 fully saturated rings. The summed E-state index contributed by atoms with van der Waals surface area (Å²) in [5, 5.41) is 3.01. The van der Waals surface area contributed by atoms with Gasteiger partial charge in [-0.05, 0) is 37.5 Å². The van der Waals surface area contributed by atoms with Crippen LogP contribution in [-0.4, -0.2) is 48.6 Å². The number of nitrogens with zero attached hydrogens (tertiary/aromatic N) is 1. The summed E-state index contributed by atoms with van der Waals surface area (Å²) >= 11 is 0. The summed E-state index contributed by atoms with van der Waals surface area (Å²) in [6.45, 7) is 9.09. The summed E-state index contributed by atoms with van der Waals surface area (Å²) in [4.78, 5) is 27.3. The second-order valence-electron chi connectivity index (χ2n) is 7.17. The summed E-state index contributed by atoms with van der Waals surface area (Å²) in [6.07, 6.45) is 2.05. The number of hydrogen-bond acceptors (Lipinski definition) is 3. The highest BCUT2D eigenvalue weighted by Crippen LogP contribution is 2.42. The van der Waals surface area contributed by atoms with Gasteiger partial charge in [0.05, 0.1) is 6.61 Å². The van der Waals surface area contributed by atoms with Gasteiger partial charge in [-0.1, -0.05) is 20.8 Å². The first-order valence-corrected chi connectivity index (χ1v) is 7.93. The largest absolute Gasteiger partial charge is 0.384 e. The maximum Gasteiger partial charge on any atom is 0.249 e. The van der Waals surface area contributed by atoms with Gasteiger partial charge in [0.25, 0.3) is 0 Å². The lowest BCUT2D eigenvalue weighted by atomic mass is 9.86. The normalized spacial score (nSPS) is 31.5. The summed E-state index contributed by atoms with van der Waals surface area (Å²) < 4.78 is 5.18. The van der Waals surface area contributed by atoms with Crippen LogP contribution in [0.2, 0.25) is 0 Å². The maximum atomic E-state index is 13.0. The molecule has 1 saturated heterocycles. The average Bonchev–Trinajstić information content (AvgIpc) is 3.19. The number of methoxy groups -OCH3 is 1. The van der Waals surface area contributed by atoms with Crippen molar-refractivity contribution in [2.75, 3.05) is 20.3 Å². The first-order chi connectivity index (χ1) is 9.81. The Morgan fingerprint density at radius 3 is 2.43 bits per heavy atom. The smallest absolute Gasteiger partial charge is 0.249 e. The molecule has 0 bridgehead atoms. The van der Waals surface area contributed by atoms with Gasteiger partial charge in [0.15, 0.2) is 0 Å². The van der Waals surface area contributed by atoms with Gasteiger partial charge in [-0.25, -0.2) is 0 Å². The van der Waals surface area contributed by atoms with Crippen molar-refractivity contribution in [1.29, 1.82) is 0 Å². The van der Waals surface area contributed by atoms with Crippen LogP contribution >= 0.6 is 0 Å². The van der Waals surface area contributed by atoms with Gasteiger partial charge in [0, 0.05) is 13.7 Å². The van der Waals surface area contributed by atoms with E-state index in [0.29, 0.717) is 19.1 Å². The molecule has 1 saturated carbocycles. The van der Waals surface area contributed by atoms with E-state index in [0.717, 1.165) is 12.8 Å². The lowest BCUT2D eigenvalue weighted by Crippen LogP contribution is -2.71. The maximum absolute atomic E-state index is 13.0. The van der Waals surface area contributed by atoms with E-state index in [1.807, 2.05) is 20.8 Å². The van der Waals surface area contributed by atoms with E-state index in [4.69, 9.17) is 4.74 Å². The molecule has 1 heterocycles. The number of nitrogens with one attached hydrogen (secondary N) is 1. The zero-order valence-corrected chi connectivity index (χ0v) is 13.8. The zero-order valence-electron chi connectivity index (χ0n) is 13.8. The van der Waals surface area contributed by atoms with Crippen LogP contribution in [0.15, 0.2) is 0 Å². The number of rotatable bonds is 6. The molecule has 0 aromatic carbocycles. The first kappa shape index (κ1) is 16.3. The van der Waals surface area contributed by atoms with Crippen LogP contribution in [-0.2, 0) is 14.3 Å². The minimum atomic E-state index is -0.713. The highest BCUT2D eigenvalue weighted by atomic mass is 16.5. The van der Waals surface area contributed by atoms with Crippen molar-refractivity contribution in [1.82, 2.24) is 10.2 Å². The second kappa shape index (κ2) is 5.95. The molecule has 0 spiro atoms. The Bertz CT molecular complexity index is 420. The van der Waals surface area contributed by atoms with Gasteiger partial charge in [-0.2, -0.15) is 0 Å². The molecule has 1 N–H and O–H groups in total. The quantitative estimate of drug-likeness (QED) is 0.806. The molecule has 2 amide bonds. The van der Waals surface area contributed by atoms with Crippen LogP contribution in [0.3, 0.4) is 0 Å². The van der Waals surface area contributed by atoms with Crippen LogP contribution in [0.25, 0.3) is 0 Å². The molecule has 3 unspecified atom stereocenters. The summed E-state index contributed by atoms with van der Waals surface area (Å²) in [5.74, 6) is 0.680. The first-order valence-electron chi connectivity index (χ1n) is 7.93. The van der Waals surface area contributed by atoms with Crippen LogP contribution in [0.1, 0.15) is 40.5 Å². The lowest BCUT2D eigenvalue weighted by Gasteiger charge is -2.46. The van der Waals surface area contributed by atoms with E-state index >= 15 is 0 Å². The minimum absolute atomic E-state index is 0.0105. The molecule has 0 aromatic heterocycles. The summed E-state index contributed by atoms with van der Waals surface area (Å²) in [7, 11) is 1.66. The Labute approximate surface area is 127 Å². The molecule has 1 aliphatic carbocycles. The van der Waals surface area contributed by atoms with Crippen molar-refractivity contribution < 1.29 is 14.3 Å². The fraction of sp³-hybridized carbons (Fsp3) is 0.875. The summed E-state index contributed by atoms with van der Waals surface area (Å²) in [5.41, 5.74) is -0.713. The Morgan fingerprint density at radius 2 is 1.95 bits per heavy atom. The Hall–Kier alpha value is -1.10. The molecule has 0 radical (unpaired) electrons. The molecule has 21 heavy (non-hydrogen) atoms. The molecule has 3 atom stereocenters. The minimum Gasteiger partial charge on any atom is -0.384 e. The van der Waals surface area contributed by atoms with E-state index in [1.165, 1.54) is 0 Å². The van der Waals surface area contributed by atoms with Gasteiger partial charge in [0.1, 0.15) is 11.6 Å². The molecule has 5 heteroatoms. The predicted molar refractivity (Wildman–Crippen MR) is 80.7 cm³/mol. The SMILES string of the molecule is COCC(C)CN1C(=O)C(C)(C2CC2)NC(=O)C1C(C)C. The molecule has 0 aromatic rings. The van der Waals surface area contributed by atoms with Crippen molar-refractivity contribution in [3.8, 4) is 0 Å². The van der Waals surface area contributed by atoms with Crippen molar-refractivity contribution >= 4 is 11.8 Å². The lowest BCUT2D eigenvalue weighted by molar-refractivity contribution is -0.158. The number of carbonyl (C=O) groups is 2. The van der Waals surface area contributed by atoms with Crippen LogP contribution in [0, 0.1) is 17.8 Å². The third-order valence-electron chi connectivity index (χ3n) is 4.68. The van der Waals surface area contributed by atoms with Crippen LogP contribution in [0.4, 0.5) is 0 Å². The van der Waals surface area contributed by atoms with E-state index in [2.05, 4.69) is 12.2 Å². The van der Waals surface area contributed by atoms with Gasteiger partial charge in [-0.15, -0.1) is 0 Å². The van der Waals surface area contributed by atoms with Crippen molar-refractivity contribution in [2.45, 2.75) is 52.1 Å². The topological polar surface area (TPSA) is 58.6 Å². The number of hydrogen-bond donors (Lipinski definition) is 1. The monoisotopic (exact) mass is 296 g/mol. The number of ether oxygens (including phenoxy) is 1. The number of amides is 2. The number of carbonyl (C=O) groups excluding carboxylic acids is 2. The van der Waals surface area contributed by atoms with Crippen LogP contribution < -0.4 is 5.32 Å². The zero-order chi connectivity index (χ0) is 15.8. The molecule has 1 aliphatic heterocycles. The fourth-order valence-corrected chi connectivity index (χ4v) is 3.42. The van der Waals surface area contributed by atoms with Gasteiger partial charge < -0.3 is 15.0 Å². The molecular formula is C16H28N2O3. The molecule has 2 rings (SSSR count). The van der Waals surface area contributed by atoms with Crippen LogP contribution in [0.5, 0.6) is 0 Å². The second-order valence-corrected chi connectivity index (χ2v) is 7.17. The molecular weight excluding hydrogens is 268 g/mol. The highest BCUT2D eigenvalue weighted by Gasteiger charge is 2.55. The highest BCUT2D eigenvalue weighted by molar-refractivity contribution is 6.00. The average molecular weight is 296 g/mol. The molecule has 120 valence electrons. The summed E-state index contributed by atoms with van der Waals surface area (Å²) in [6, 6.07) is -0.372. The third-order valence-corrected chi connectivity index (χ3v) is 4.68. The van der Waals surface area contributed by atoms with Gasteiger partial charge in [0.2, 0.25) is 11.8 Å². The van der Waals surface area contributed by atoms with E-state index in [9.17, 15) is 9.59 Å². The number of piperazine rings is 1. The van der Waals surface area contributed by atoms with E-state index < -0.39 is 5.54 Å². The van der Waals surface area contributed by atoms with E-state index in [1.54, 1.807) is 12.0 Å². The van der Waals surface area contributed by atoms with Crippen molar-refractivity contribution in [2.24, 2.45) is 17.8 Å².